The average Bonchev–Trinajstić information content (AvgIpc) is 3.22. The summed E-state index contributed by atoms with van der Waals surface area (Å²) < 4.78 is 7.22. The van der Waals surface area contributed by atoms with Crippen LogP contribution in [0.15, 0.2) is 30.5 Å². The number of benzene rings is 1. The van der Waals surface area contributed by atoms with Gasteiger partial charge in [0.15, 0.2) is 0 Å². The highest BCUT2D eigenvalue weighted by atomic mass is 16.5. The first-order valence-corrected chi connectivity index (χ1v) is 10.7. The van der Waals surface area contributed by atoms with Gasteiger partial charge in [-0.25, -0.2) is 4.68 Å². The van der Waals surface area contributed by atoms with E-state index in [1.165, 1.54) is 4.90 Å². The molecule has 3 aliphatic rings. The van der Waals surface area contributed by atoms with Crippen molar-refractivity contribution in [2.24, 2.45) is 11.8 Å². The van der Waals surface area contributed by atoms with Crippen LogP contribution in [0.2, 0.25) is 0 Å². The Bertz CT molecular complexity index is 891. The van der Waals surface area contributed by atoms with E-state index in [1.54, 1.807) is 21.0 Å². The van der Waals surface area contributed by atoms with E-state index < -0.39 is 5.60 Å². The van der Waals surface area contributed by atoms with Gasteiger partial charge in [-0.05, 0) is 25.8 Å². The molecule has 2 bridgehead atoms. The molecular formula is C22H32N5O3+. The van der Waals surface area contributed by atoms with E-state index >= 15 is 0 Å². The Balaban J connectivity index is 1.34. The molecule has 5 rings (SSSR count). The highest BCUT2D eigenvalue weighted by molar-refractivity contribution is 5.79. The van der Waals surface area contributed by atoms with Gasteiger partial charge in [-0.1, -0.05) is 23.4 Å². The molecule has 0 saturated carbocycles. The molecule has 1 amide bonds. The number of fused-ring (bicyclic) bond motifs is 3. The number of para-hydroxylation sites is 1. The third-order valence-corrected chi connectivity index (χ3v) is 6.61. The second-order valence-corrected chi connectivity index (χ2v) is 9.11. The maximum atomic E-state index is 12.9. The fourth-order valence-electron chi connectivity index (χ4n) is 4.87. The van der Waals surface area contributed by atoms with Gasteiger partial charge in [0, 0.05) is 24.9 Å². The van der Waals surface area contributed by atoms with Crippen molar-refractivity contribution in [1.82, 2.24) is 20.3 Å². The largest absolute Gasteiger partial charge is 0.496 e. The van der Waals surface area contributed by atoms with Crippen molar-refractivity contribution in [3.05, 3.63) is 41.7 Å². The van der Waals surface area contributed by atoms with Gasteiger partial charge in [-0.3, -0.25) is 4.79 Å². The summed E-state index contributed by atoms with van der Waals surface area (Å²) in [5.74, 6) is 1.41. The van der Waals surface area contributed by atoms with Crippen molar-refractivity contribution >= 4 is 5.91 Å². The molecule has 3 N–H and O–H groups in total. The van der Waals surface area contributed by atoms with Gasteiger partial charge in [-0.15, -0.1) is 5.10 Å². The van der Waals surface area contributed by atoms with E-state index in [0.29, 0.717) is 24.2 Å². The van der Waals surface area contributed by atoms with E-state index in [0.717, 1.165) is 43.8 Å². The lowest BCUT2D eigenvalue weighted by Crippen LogP contribution is -3.20. The van der Waals surface area contributed by atoms with Crippen LogP contribution in [0.1, 0.15) is 37.9 Å². The number of rotatable bonds is 7. The lowest BCUT2D eigenvalue weighted by Gasteiger charge is -2.46. The summed E-state index contributed by atoms with van der Waals surface area (Å²) in [4.78, 5) is 14.4. The van der Waals surface area contributed by atoms with Gasteiger partial charge in [0.05, 0.1) is 38.9 Å². The van der Waals surface area contributed by atoms with Crippen LogP contribution in [0.3, 0.4) is 0 Å². The van der Waals surface area contributed by atoms with Crippen molar-refractivity contribution < 1.29 is 19.5 Å². The van der Waals surface area contributed by atoms with Crippen LogP contribution in [0.5, 0.6) is 5.75 Å². The fourth-order valence-corrected chi connectivity index (χ4v) is 4.87. The first-order chi connectivity index (χ1) is 14.3. The first-order valence-electron chi connectivity index (χ1n) is 10.7. The van der Waals surface area contributed by atoms with Gasteiger partial charge in [-0.2, -0.15) is 0 Å². The number of quaternary nitrogens is 1. The first kappa shape index (κ1) is 20.8. The number of aromatic nitrogens is 3. The summed E-state index contributed by atoms with van der Waals surface area (Å²) >= 11 is 0. The molecule has 1 aromatic heterocycles. The molecule has 162 valence electrons. The van der Waals surface area contributed by atoms with Crippen molar-refractivity contribution in [2.75, 3.05) is 20.2 Å². The number of nitrogens with one attached hydrogen (secondary N) is 2. The summed E-state index contributed by atoms with van der Waals surface area (Å²) in [7, 11) is 1.65. The van der Waals surface area contributed by atoms with Gasteiger partial charge in [0.2, 0.25) is 5.91 Å². The molecule has 2 aromatic rings. The normalized spacial score (nSPS) is 25.9. The molecule has 3 saturated heterocycles. The Hall–Kier alpha value is -2.45. The zero-order chi connectivity index (χ0) is 21.3. The molecule has 3 fully saturated rings. The van der Waals surface area contributed by atoms with E-state index in [-0.39, 0.29) is 11.8 Å². The number of hydrogen-bond donors (Lipinski definition) is 3. The predicted molar refractivity (Wildman–Crippen MR) is 111 cm³/mol. The second-order valence-electron chi connectivity index (χ2n) is 9.11. The van der Waals surface area contributed by atoms with Gasteiger partial charge < -0.3 is 20.1 Å². The Morgan fingerprint density at radius 2 is 2.20 bits per heavy atom. The molecule has 3 aliphatic heterocycles. The molecule has 1 unspecified atom stereocenters. The van der Waals surface area contributed by atoms with Crippen LogP contribution in [0.25, 0.3) is 0 Å². The SMILES string of the molecule is COc1ccccc1CNC(=O)[C@H]1C[NH+]2CC[C@H]1C[C@@H]2Cn1cc(C(C)(C)O)nn1. The Kier molecular flexibility index (Phi) is 5.79. The summed E-state index contributed by atoms with van der Waals surface area (Å²) in [6.45, 7) is 6.65. The zero-order valence-electron chi connectivity index (χ0n) is 18.0. The Labute approximate surface area is 177 Å². The number of methoxy groups -OCH3 is 1. The number of carbonyl (C=O) groups excluding carboxylic acids is 1. The molecule has 0 spiro atoms. The smallest absolute Gasteiger partial charge is 0.229 e. The van der Waals surface area contributed by atoms with Crippen LogP contribution in [-0.4, -0.2) is 52.2 Å². The molecule has 1 aromatic carbocycles. The van der Waals surface area contributed by atoms with E-state index in [4.69, 9.17) is 4.74 Å². The molecular weight excluding hydrogens is 382 g/mol. The van der Waals surface area contributed by atoms with Crippen LogP contribution >= 0.6 is 0 Å². The third-order valence-electron chi connectivity index (χ3n) is 6.61. The van der Waals surface area contributed by atoms with E-state index in [1.807, 2.05) is 35.1 Å². The van der Waals surface area contributed by atoms with Crippen LogP contribution in [0.4, 0.5) is 0 Å². The van der Waals surface area contributed by atoms with Gasteiger partial charge >= 0.3 is 0 Å². The number of nitrogens with zero attached hydrogens (tertiary/aromatic N) is 3. The molecule has 30 heavy (non-hydrogen) atoms. The van der Waals surface area contributed by atoms with E-state index in [2.05, 4.69) is 15.6 Å². The zero-order valence-corrected chi connectivity index (χ0v) is 18.0. The van der Waals surface area contributed by atoms with Gasteiger partial charge in [0.1, 0.15) is 23.1 Å². The Morgan fingerprint density at radius 1 is 1.40 bits per heavy atom. The van der Waals surface area contributed by atoms with Crippen molar-refractivity contribution in [1.29, 1.82) is 0 Å². The molecule has 8 heteroatoms. The molecule has 0 aliphatic carbocycles. The lowest BCUT2D eigenvalue weighted by atomic mass is 9.75. The highest BCUT2D eigenvalue weighted by Crippen LogP contribution is 2.28. The maximum Gasteiger partial charge on any atom is 0.229 e. The number of hydrogen-bond acceptors (Lipinski definition) is 5. The minimum atomic E-state index is -0.985. The average molecular weight is 415 g/mol. The summed E-state index contributed by atoms with van der Waals surface area (Å²) in [6, 6.07) is 8.22. The molecule has 8 nitrogen and oxygen atoms in total. The summed E-state index contributed by atoms with van der Waals surface area (Å²) in [5, 5.41) is 21.5. The molecule has 4 heterocycles. The molecule has 0 radical (unpaired) electrons. The Morgan fingerprint density at radius 3 is 2.87 bits per heavy atom. The van der Waals surface area contributed by atoms with Gasteiger partial charge in [0.25, 0.3) is 0 Å². The number of piperidine rings is 3. The maximum absolute atomic E-state index is 12.9. The lowest BCUT2D eigenvalue weighted by molar-refractivity contribution is -0.945. The number of aliphatic hydroxyl groups is 1. The monoisotopic (exact) mass is 414 g/mol. The second kappa shape index (κ2) is 8.35. The topological polar surface area (TPSA) is 93.7 Å². The number of ether oxygens (including phenoxy) is 1. The summed E-state index contributed by atoms with van der Waals surface area (Å²) in [5.41, 5.74) is 0.595. The van der Waals surface area contributed by atoms with Crippen molar-refractivity contribution in [2.45, 2.75) is 51.4 Å². The van der Waals surface area contributed by atoms with Crippen LogP contribution in [-0.2, 0) is 23.5 Å². The third kappa shape index (κ3) is 4.34. The fraction of sp³-hybridized carbons (Fsp3) is 0.591. The van der Waals surface area contributed by atoms with Crippen molar-refractivity contribution in [3.8, 4) is 5.75 Å². The highest BCUT2D eigenvalue weighted by Gasteiger charge is 2.46. The summed E-state index contributed by atoms with van der Waals surface area (Å²) in [6.07, 6.45) is 3.94. The minimum absolute atomic E-state index is 0.0578. The minimum Gasteiger partial charge on any atom is -0.496 e. The van der Waals surface area contributed by atoms with Crippen LogP contribution < -0.4 is 15.0 Å². The standard InChI is InChI=1S/C22H31N5O3/c1-22(2,29)20-14-27(25-24-20)12-17-10-15-8-9-26(17)13-18(15)21(28)23-11-16-6-4-5-7-19(16)30-3/h4-7,14-15,17-18,29H,8-13H2,1-3H3,(H,23,28)/p+1/t15-,17+,18-/m0/s1. The van der Waals surface area contributed by atoms with Crippen LogP contribution in [0, 0.1) is 11.8 Å². The number of amides is 1. The quantitative estimate of drug-likeness (QED) is 0.599. The number of carbonyl (C=O) groups is 1. The van der Waals surface area contributed by atoms with E-state index in [9.17, 15) is 9.90 Å². The molecule has 4 atom stereocenters. The van der Waals surface area contributed by atoms with Crippen molar-refractivity contribution in [3.63, 3.8) is 0 Å². The predicted octanol–water partition coefficient (Wildman–Crippen LogP) is 0.124.